The lowest BCUT2D eigenvalue weighted by atomic mass is 9.78. The highest BCUT2D eigenvalue weighted by Gasteiger charge is 2.39. The summed E-state index contributed by atoms with van der Waals surface area (Å²) in [5.41, 5.74) is 9.07. The molecule has 0 radical (unpaired) electrons. The van der Waals surface area contributed by atoms with E-state index >= 15 is 4.39 Å². The molecular weight excluding hydrogens is 954 g/mol. The van der Waals surface area contributed by atoms with Crippen molar-refractivity contribution < 1.29 is 42.2 Å². The summed E-state index contributed by atoms with van der Waals surface area (Å²) in [5, 5.41) is 5.15. The maximum Gasteiger partial charge on any atom is 0.326 e. The minimum absolute atomic E-state index is 0.00546. The first-order valence-electron chi connectivity index (χ1n) is 25.5. The van der Waals surface area contributed by atoms with E-state index in [2.05, 4.69) is 34.1 Å². The molecule has 2 atom stereocenters. The third-order valence-corrected chi connectivity index (χ3v) is 14.9. The maximum absolute atomic E-state index is 15.4. The lowest BCUT2D eigenvalue weighted by molar-refractivity contribution is -0.138. The zero-order valence-electron chi connectivity index (χ0n) is 43.2. The van der Waals surface area contributed by atoms with Crippen LogP contribution in [0.2, 0.25) is 5.02 Å². The maximum atomic E-state index is 15.4. The Bertz CT molecular complexity index is 2540. The third-order valence-electron chi connectivity index (χ3n) is 14.5. The molecule has 1 aliphatic carbocycles. The molecule has 5 aliphatic rings. The average Bonchev–Trinajstić information content (AvgIpc) is 3.72. The quantitative estimate of drug-likeness (QED) is 0.132. The van der Waals surface area contributed by atoms with Crippen LogP contribution in [0.3, 0.4) is 0 Å². The van der Waals surface area contributed by atoms with Crippen LogP contribution in [0, 0.1) is 36.3 Å². The van der Waals surface area contributed by atoms with Crippen molar-refractivity contribution in [3.8, 4) is 28.4 Å². The Morgan fingerprint density at radius 2 is 1.56 bits per heavy atom. The molecule has 4 N–H and O–H groups in total. The Balaban J connectivity index is 0.000000179. The second kappa shape index (κ2) is 26.8. The Hall–Kier alpha value is -6.03. The number of fused-ring (bicyclic) bond motifs is 1. The van der Waals surface area contributed by atoms with Gasteiger partial charge in [-0.3, -0.25) is 19.3 Å². The van der Waals surface area contributed by atoms with E-state index in [9.17, 15) is 23.6 Å². The second-order valence-corrected chi connectivity index (χ2v) is 19.9. The number of ether oxygens (including phenoxy) is 3. The highest BCUT2D eigenvalue weighted by atomic mass is 35.5. The first-order chi connectivity index (χ1) is 35.1. The number of primary amides is 1. The predicted octanol–water partition coefficient (Wildman–Crippen LogP) is 10.6. The molecular formula is C57H73ClF2N6O7. The van der Waals surface area contributed by atoms with Crippen molar-refractivity contribution in [3.63, 3.8) is 0 Å². The number of methoxy groups -OCH3 is 1. The molecule has 4 fully saturated rings. The topological polar surface area (TPSA) is 156 Å². The summed E-state index contributed by atoms with van der Waals surface area (Å²) >= 11 is 6.32. The second-order valence-electron chi connectivity index (χ2n) is 19.6. The molecule has 0 bridgehead atoms. The van der Waals surface area contributed by atoms with Gasteiger partial charge in [-0.1, -0.05) is 80.8 Å². The number of amides is 4. The molecule has 1 unspecified atom stereocenters. The van der Waals surface area contributed by atoms with Gasteiger partial charge in [-0.25, -0.2) is 13.6 Å². The minimum atomic E-state index is -0.869. The Kier molecular flexibility index (Phi) is 20.6. The molecule has 16 heteroatoms. The monoisotopic (exact) mass is 1030 g/mol. The third kappa shape index (κ3) is 14.0. The lowest BCUT2D eigenvalue weighted by Gasteiger charge is -2.40. The molecule has 4 aromatic rings. The Morgan fingerprint density at radius 3 is 2.16 bits per heavy atom. The van der Waals surface area contributed by atoms with E-state index in [0.717, 1.165) is 60.3 Å². The van der Waals surface area contributed by atoms with Crippen LogP contribution < -0.4 is 35.5 Å². The predicted molar refractivity (Wildman–Crippen MR) is 284 cm³/mol. The number of urea groups is 1. The van der Waals surface area contributed by atoms with Crippen molar-refractivity contribution in [2.24, 2.45) is 23.5 Å². The standard InChI is InChI=1S/C23H18ClF2NO3.C18H32N2O.C14H16N2O3.C2H7N/c1-11-17-16(30-22(11)12-6-4-3-5-7-12)10-14(25)20(24)19(17)18-13(23(27)28)8-9-15(29-2)21(18)26;1-19-11-7-15(8-12-19)16-9-13-20(14-10-16)18(21)17-5-3-2-4-6-17;1-10-3-4-12(19-8-7-17)9-13(10)16-6-5-11(2)15-14(16)18;1-3-2/h3-11,22H,1-2H3,(H2,27,28);15-17H,2-14H2,1H3;3-4,7,9H,2,5-6,8H2,1H3,(H,15,18);3H,1-2H3/t11-,22?;;;/m0.../s1. The van der Waals surface area contributed by atoms with Gasteiger partial charge >= 0.3 is 6.03 Å². The van der Waals surface area contributed by atoms with Crippen molar-refractivity contribution in [2.75, 3.05) is 72.5 Å². The first kappa shape index (κ1) is 56.3. The fraction of sp³-hybridized carbons (Fsp3) is 0.474. The van der Waals surface area contributed by atoms with E-state index in [0.29, 0.717) is 42.4 Å². The van der Waals surface area contributed by atoms with Gasteiger partial charge in [-0.15, -0.1) is 0 Å². The molecule has 4 amide bonds. The normalized spacial score (nSPS) is 19.4. The number of rotatable bonds is 10. The first-order valence-corrected chi connectivity index (χ1v) is 25.9. The van der Waals surface area contributed by atoms with E-state index in [1.54, 1.807) is 17.0 Å². The molecule has 394 valence electrons. The van der Waals surface area contributed by atoms with E-state index in [1.165, 1.54) is 83.3 Å². The van der Waals surface area contributed by atoms with Crippen molar-refractivity contribution in [2.45, 2.75) is 90.1 Å². The summed E-state index contributed by atoms with van der Waals surface area (Å²) in [4.78, 5) is 53.2. The van der Waals surface area contributed by atoms with Gasteiger partial charge in [0.25, 0.3) is 0 Å². The van der Waals surface area contributed by atoms with Gasteiger partial charge in [0, 0.05) is 72.4 Å². The lowest BCUT2D eigenvalue weighted by Crippen LogP contribution is -2.45. The van der Waals surface area contributed by atoms with Crippen molar-refractivity contribution in [3.05, 3.63) is 118 Å². The molecule has 3 saturated heterocycles. The van der Waals surface area contributed by atoms with Crippen LogP contribution in [0.25, 0.3) is 11.1 Å². The summed E-state index contributed by atoms with van der Waals surface area (Å²) in [6.45, 7) is 12.8. The highest BCUT2D eigenvalue weighted by molar-refractivity contribution is 6.34. The smallest absolute Gasteiger partial charge is 0.326 e. The molecule has 4 heterocycles. The van der Waals surface area contributed by atoms with Crippen molar-refractivity contribution in [1.29, 1.82) is 0 Å². The number of hydrogen-bond donors (Lipinski definition) is 3. The van der Waals surface area contributed by atoms with Gasteiger partial charge in [0.15, 0.2) is 17.9 Å². The number of aldehydes is 1. The van der Waals surface area contributed by atoms with Gasteiger partial charge in [-0.2, -0.15) is 0 Å². The highest BCUT2D eigenvalue weighted by Crippen LogP contribution is 2.54. The van der Waals surface area contributed by atoms with Crippen LogP contribution in [0.1, 0.15) is 110 Å². The van der Waals surface area contributed by atoms with E-state index in [-0.39, 0.29) is 51.8 Å². The number of carbonyl (C=O) groups excluding carboxylic acids is 4. The molecule has 1 saturated carbocycles. The molecule has 13 nitrogen and oxygen atoms in total. The fourth-order valence-electron chi connectivity index (χ4n) is 10.6. The van der Waals surface area contributed by atoms with Crippen LogP contribution in [0.5, 0.6) is 17.2 Å². The number of benzene rings is 4. The zero-order chi connectivity index (χ0) is 52.8. The van der Waals surface area contributed by atoms with E-state index < -0.39 is 23.6 Å². The number of nitrogens with zero attached hydrogens (tertiary/aromatic N) is 3. The molecule has 73 heavy (non-hydrogen) atoms. The number of nitrogens with two attached hydrogens (primary N) is 1. The number of carbonyl (C=O) groups is 4. The number of anilines is 1. The number of hydrogen-bond acceptors (Lipinski definition) is 9. The summed E-state index contributed by atoms with van der Waals surface area (Å²) in [5.74, 6) is 0.542. The summed E-state index contributed by atoms with van der Waals surface area (Å²) in [7, 11) is 7.28. The van der Waals surface area contributed by atoms with Crippen LogP contribution in [0.4, 0.5) is 19.3 Å². The number of aryl methyl sites for hydroxylation is 1. The number of halogens is 3. The molecule has 4 aliphatic heterocycles. The molecule has 0 aromatic heterocycles. The fourth-order valence-corrected chi connectivity index (χ4v) is 10.9. The minimum Gasteiger partial charge on any atom is -0.494 e. The van der Waals surface area contributed by atoms with Crippen LogP contribution in [0.15, 0.2) is 79.0 Å². The molecule has 0 spiro atoms. The number of nitrogens with one attached hydrogen (secondary N) is 2. The Morgan fingerprint density at radius 1 is 0.918 bits per heavy atom. The van der Waals surface area contributed by atoms with Gasteiger partial charge in [0.05, 0.1) is 23.4 Å². The number of likely N-dealkylation sites (tertiary alicyclic amines) is 2. The van der Waals surface area contributed by atoms with Crippen molar-refractivity contribution in [1.82, 2.24) is 20.4 Å². The van der Waals surface area contributed by atoms with Gasteiger partial charge in [-0.05, 0) is 121 Å². The van der Waals surface area contributed by atoms with Crippen LogP contribution in [-0.4, -0.2) is 102 Å². The number of piperidine rings is 2. The summed E-state index contributed by atoms with van der Waals surface area (Å²) < 4.78 is 46.4. The Labute approximate surface area is 434 Å². The van der Waals surface area contributed by atoms with Gasteiger partial charge < -0.3 is 40.4 Å². The largest absolute Gasteiger partial charge is 0.494 e. The van der Waals surface area contributed by atoms with Crippen LogP contribution >= 0.6 is 11.6 Å². The van der Waals surface area contributed by atoms with E-state index in [4.69, 9.17) is 31.5 Å². The molecule has 9 rings (SSSR count). The van der Waals surface area contributed by atoms with Gasteiger partial charge in [0.2, 0.25) is 11.8 Å². The summed E-state index contributed by atoms with van der Waals surface area (Å²) in [6, 6.07) is 18.4. The average molecular weight is 1030 g/mol. The summed E-state index contributed by atoms with van der Waals surface area (Å²) in [6.07, 6.45) is 12.4. The SMILES string of the molecule is C=C1CCN(c2cc(OCC=O)ccc2C)C(=O)N1.CN1CCC(C2CCN(C(=O)C3CCCCC3)CC2)CC1.CNC.COc1ccc(C(N)=O)c(-c2c(Cl)c(F)cc3c2[C@H](C)C(c2ccccc2)O3)c1F. The van der Waals surface area contributed by atoms with Crippen LogP contribution in [-0.2, 0) is 9.59 Å². The molecule has 4 aromatic carbocycles. The zero-order valence-corrected chi connectivity index (χ0v) is 44.0. The van der Waals surface area contributed by atoms with E-state index in [1.807, 2.05) is 64.3 Å². The van der Waals surface area contributed by atoms with Crippen molar-refractivity contribution >= 4 is 41.4 Å². The van der Waals surface area contributed by atoms with Gasteiger partial charge in [0.1, 0.15) is 30.0 Å².